The molecule has 9 nitrogen and oxygen atoms in total. The summed E-state index contributed by atoms with van der Waals surface area (Å²) in [4.78, 5) is 42.8. The van der Waals surface area contributed by atoms with Crippen LogP contribution >= 0.6 is 7.82 Å². The summed E-state index contributed by atoms with van der Waals surface area (Å²) in [5, 5.41) is 0. The van der Waals surface area contributed by atoms with Crippen LogP contribution in [-0.4, -0.2) is 53.3 Å². The monoisotopic (exact) mass is 712 g/mol. The molecule has 0 aromatic carbocycles. The zero-order chi connectivity index (χ0) is 35.8. The summed E-state index contributed by atoms with van der Waals surface area (Å²) in [6.45, 7) is 3.58. The van der Waals surface area contributed by atoms with Crippen molar-refractivity contribution in [3.8, 4) is 0 Å². The summed E-state index contributed by atoms with van der Waals surface area (Å²) in [6.07, 6.45) is 37.4. The number of allylic oxidation sites excluding steroid dienone is 5. The van der Waals surface area contributed by atoms with Gasteiger partial charge in [0.05, 0.1) is 18.8 Å². The Balaban J connectivity index is 2.15. The van der Waals surface area contributed by atoms with Gasteiger partial charge in [-0.05, 0) is 51.4 Å². The van der Waals surface area contributed by atoms with Gasteiger partial charge in [-0.1, -0.05) is 140 Å². The summed E-state index contributed by atoms with van der Waals surface area (Å²) < 4.78 is 32.0. The molecule has 1 saturated heterocycles. The Labute approximate surface area is 297 Å². The third kappa shape index (κ3) is 30.8. The van der Waals surface area contributed by atoms with Crippen molar-refractivity contribution >= 4 is 19.8 Å². The third-order valence-electron chi connectivity index (χ3n) is 8.59. The van der Waals surface area contributed by atoms with Gasteiger partial charge in [-0.25, -0.2) is 4.57 Å². The van der Waals surface area contributed by atoms with Gasteiger partial charge in [-0.2, -0.15) is 0 Å². The largest absolute Gasteiger partial charge is 0.469 e. The first-order valence-corrected chi connectivity index (χ1v) is 20.9. The highest BCUT2D eigenvalue weighted by Crippen LogP contribution is 2.36. The average molecular weight is 713 g/mol. The fourth-order valence-corrected chi connectivity index (χ4v) is 5.94. The number of hydrogen-bond acceptors (Lipinski definition) is 7. The van der Waals surface area contributed by atoms with Crippen LogP contribution in [0.5, 0.6) is 0 Å². The number of rotatable bonds is 34. The van der Waals surface area contributed by atoms with Gasteiger partial charge in [0, 0.05) is 12.8 Å². The molecule has 1 heterocycles. The van der Waals surface area contributed by atoms with Crippen LogP contribution in [0.2, 0.25) is 0 Å². The van der Waals surface area contributed by atoms with Crippen LogP contribution < -0.4 is 0 Å². The van der Waals surface area contributed by atoms with E-state index in [2.05, 4.69) is 54.8 Å². The summed E-state index contributed by atoms with van der Waals surface area (Å²) >= 11 is 0. The standard InChI is InChI=1S/C39H69O9P/c1-3-5-7-9-11-13-15-17-19-21-23-25-27-31-38(40)45-33-35(34-46-49(42,43)44)47-39(41)32-28-30-37-36(48-37)29-26-24-22-20-18-16-14-12-10-8-6-4-2/h12,14,18,20,24,26,35-37H,3-11,13,15-17,19,21-23,25,27-34H2,1-2H3,(H2,42,43,44)/b14-12-,20-18-,26-24-/t35-,36?,37?/m1/s1. The van der Waals surface area contributed by atoms with Gasteiger partial charge in [0.25, 0.3) is 0 Å². The van der Waals surface area contributed by atoms with Crippen LogP contribution in [-0.2, 0) is 32.9 Å². The normalized spacial score (nSPS) is 17.0. The molecule has 0 aromatic rings. The van der Waals surface area contributed by atoms with Gasteiger partial charge in [-0.15, -0.1) is 0 Å². The highest BCUT2D eigenvalue weighted by atomic mass is 31.2. The number of hydrogen-bond donors (Lipinski definition) is 2. The summed E-state index contributed by atoms with van der Waals surface area (Å²) in [7, 11) is -4.77. The minimum Gasteiger partial charge on any atom is -0.462 e. The second kappa shape index (κ2) is 31.0. The van der Waals surface area contributed by atoms with Crippen molar-refractivity contribution in [1.29, 1.82) is 0 Å². The molecule has 0 saturated carbocycles. The quantitative estimate of drug-likeness (QED) is 0.0220. The highest BCUT2D eigenvalue weighted by molar-refractivity contribution is 7.46. The fourth-order valence-electron chi connectivity index (χ4n) is 5.58. The zero-order valence-corrected chi connectivity index (χ0v) is 31.7. The maximum absolute atomic E-state index is 12.4. The van der Waals surface area contributed by atoms with Crippen molar-refractivity contribution in [2.75, 3.05) is 13.2 Å². The Morgan fingerprint density at radius 2 is 1.18 bits per heavy atom. The molecule has 1 fully saturated rings. The van der Waals surface area contributed by atoms with Gasteiger partial charge >= 0.3 is 19.8 Å². The number of carbonyl (C=O) groups excluding carboxylic acids is 2. The molecular formula is C39H69O9P. The topological polar surface area (TPSA) is 132 Å². The summed E-state index contributed by atoms with van der Waals surface area (Å²) in [5.41, 5.74) is 0. The predicted octanol–water partition coefficient (Wildman–Crippen LogP) is 10.4. The number of carbonyl (C=O) groups is 2. The predicted molar refractivity (Wildman–Crippen MR) is 197 cm³/mol. The SMILES string of the molecule is CCCCC/C=C\C/C=C\C/C=C\CC1OC1CCCC(=O)O[C@H](COC(=O)CCCCCCCCCCCCCCC)COP(=O)(O)O. The molecule has 10 heteroatoms. The van der Waals surface area contributed by atoms with E-state index in [-0.39, 0.29) is 31.7 Å². The number of esters is 2. The van der Waals surface area contributed by atoms with Crippen LogP contribution in [0.3, 0.4) is 0 Å². The first kappa shape index (κ1) is 45.3. The molecule has 0 spiro atoms. The second-order valence-electron chi connectivity index (χ2n) is 13.3. The van der Waals surface area contributed by atoms with Gasteiger partial charge in [-0.3, -0.25) is 14.1 Å². The highest BCUT2D eigenvalue weighted by Gasteiger charge is 2.36. The molecule has 1 aliphatic rings. The van der Waals surface area contributed by atoms with E-state index in [0.717, 1.165) is 44.9 Å². The van der Waals surface area contributed by atoms with E-state index >= 15 is 0 Å². The Bertz CT molecular complexity index is 958. The lowest BCUT2D eigenvalue weighted by Crippen LogP contribution is -2.29. The first-order valence-electron chi connectivity index (χ1n) is 19.4. The molecule has 0 bridgehead atoms. The lowest BCUT2D eigenvalue weighted by molar-refractivity contribution is -0.161. The minimum atomic E-state index is -4.77. The van der Waals surface area contributed by atoms with Crippen LogP contribution in [0.4, 0.5) is 0 Å². The lowest BCUT2D eigenvalue weighted by Gasteiger charge is -2.18. The van der Waals surface area contributed by atoms with Gasteiger partial charge < -0.3 is 24.0 Å². The van der Waals surface area contributed by atoms with E-state index < -0.39 is 32.5 Å². The molecule has 1 aliphatic heterocycles. The molecular weight excluding hydrogens is 643 g/mol. The second-order valence-corrected chi connectivity index (χ2v) is 14.5. The Morgan fingerprint density at radius 3 is 1.80 bits per heavy atom. The van der Waals surface area contributed by atoms with Crippen LogP contribution in [0.15, 0.2) is 36.5 Å². The Hall–Kier alpha value is -1.77. The molecule has 2 unspecified atom stereocenters. The zero-order valence-electron chi connectivity index (χ0n) is 30.8. The van der Waals surface area contributed by atoms with Crippen LogP contribution in [0.1, 0.15) is 168 Å². The molecule has 0 radical (unpaired) electrons. The molecule has 284 valence electrons. The van der Waals surface area contributed by atoms with E-state index in [9.17, 15) is 14.2 Å². The maximum Gasteiger partial charge on any atom is 0.469 e. The minimum absolute atomic E-state index is 0.116. The first-order chi connectivity index (χ1) is 23.7. The van der Waals surface area contributed by atoms with Gasteiger partial charge in [0.1, 0.15) is 6.61 Å². The van der Waals surface area contributed by atoms with Crippen LogP contribution in [0.25, 0.3) is 0 Å². The van der Waals surface area contributed by atoms with E-state index in [0.29, 0.717) is 12.8 Å². The smallest absolute Gasteiger partial charge is 0.462 e. The van der Waals surface area contributed by atoms with Gasteiger partial charge in [0.2, 0.25) is 0 Å². The number of ether oxygens (including phenoxy) is 3. The number of phosphoric acid groups is 1. The van der Waals surface area contributed by atoms with Crippen molar-refractivity contribution in [3.63, 3.8) is 0 Å². The van der Waals surface area contributed by atoms with E-state index in [1.807, 2.05) is 0 Å². The van der Waals surface area contributed by atoms with Crippen molar-refractivity contribution < 1.29 is 42.7 Å². The maximum atomic E-state index is 12.4. The van der Waals surface area contributed by atoms with Gasteiger partial charge in [0.15, 0.2) is 6.10 Å². The Kier molecular flexibility index (Phi) is 28.6. The van der Waals surface area contributed by atoms with Crippen molar-refractivity contribution in [2.24, 2.45) is 0 Å². The fraction of sp³-hybridized carbons (Fsp3) is 0.795. The number of unbranched alkanes of at least 4 members (excludes halogenated alkanes) is 15. The number of epoxide rings is 1. The Morgan fingerprint density at radius 1 is 0.653 bits per heavy atom. The molecule has 0 aliphatic carbocycles. The molecule has 3 atom stereocenters. The van der Waals surface area contributed by atoms with E-state index in [1.54, 1.807) is 0 Å². The molecule has 2 N–H and O–H groups in total. The van der Waals surface area contributed by atoms with Crippen molar-refractivity contribution in [2.45, 2.75) is 186 Å². The van der Waals surface area contributed by atoms with E-state index in [1.165, 1.54) is 83.5 Å². The number of phosphoric ester groups is 1. The lowest BCUT2D eigenvalue weighted by atomic mass is 10.0. The van der Waals surface area contributed by atoms with Crippen molar-refractivity contribution in [3.05, 3.63) is 36.5 Å². The molecule has 1 rings (SSSR count). The summed E-state index contributed by atoms with van der Waals surface area (Å²) in [5.74, 6) is -0.959. The molecule has 0 aromatic heterocycles. The third-order valence-corrected chi connectivity index (χ3v) is 9.07. The van der Waals surface area contributed by atoms with E-state index in [4.69, 9.17) is 24.0 Å². The average Bonchev–Trinajstić information content (AvgIpc) is 3.82. The summed E-state index contributed by atoms with van der Waals surface area (Å²) in [6, 6.07) is 0. The van der Waals surface area contributed by atoms with Crippen LogP contribution in [0, 0.1) is 0 Å². The van der Waals surface area contributed by atoms with Crippen molar-refractivity contribution in [1.82, 2.24) is 0 Å². The molecule has 0 amide bonds. The molecule has 49 heavy (non-hydrogen) atoms.